The van der Waals surface area contributed by atoms with E-state index in [1.54, 1.807) is 0 Å². The molecule has 162 valence electrons. The summed E-state index contributed by atoms with van der Waals surface area (Å²) in [6, 6.07) is 4.25. The second-order valence-electron chi connectivity index (χ2n) is 6.49. The predicted molar refractivity (Wildman–Crippen MR) is 102 cm³/mol. The fourth-order valence-corrected chi connectivity index (χ4v) is 2.99. The third-order valence-corrected chi connectivity index (χ3v) is 4.58. The van der Waals surface area contributed by atoms with E-state index in [2.05, 4.69) is 10.2 Å². The van der Waals surface area contributed by atoms with Crippen LogP contribution >= 0.6 is 11.6 Å². The number of ether oxygens (including phenoxy) is 2. The minimum Gasteiger partial charge on any atom is -0.477 e. The molecule has 1 saturated heterocycles. The predicted octanol–water partition coefficient (Wildman–Crippen LogP) is 3.16. The number of alkyl halides is 3. The maximum atomic E-state index is 12.9. The van der Waals surface area contributed by atoms with Crippen LogP contribution in [0.5, 0.6) is 5.75 Å². The lowest BCUT2D eigenvalue weighted by atomic mass is 10.2. The van der Waals surface area contributed by atoms with E-state index < -0.39 is 34.7 Å². The van der Waals surface area contributed by atoms with Gasteiger partial charge in [-0.15, -0.1) is 0 Å². The molecule has 1 aromatic carbocycles. The highest BCUT2D eigenvalue weighted by Crippen LogP contribution is 2.36. The molecule has 3 rings (SSSR count). The van der Waals surface area contributed by atoms with Gasteiger partial charge in [-0.2, -0.15) is 13.2 Å². The summed E-state index contributed by atoms with van der Waals surface area (Å²) in [6.07, 6.45) is -3.55. The van der Waals surface area contributed by atoms with Gasteiger partial charge in [-0.05, 0) is 18.2 Å². The number of morpholine rings is 1. The minimum atomic E-state index is -4.66. The largest absolute Gasteiger partial charge is 0.477 e. The molecule has 1 fully saturated rings. The Kier molecular flexibility index (Phi) is 7.01. The first-order chi connectivity index (χ1) is 14.2. The Morgan fingerprint density at radius 1 is 1.23 bits per heavy atom. The summed E-state index contributed by atoms with van der Waals surface area (Å²) in [5, 5.41) is 1.78. The Morgan fingerprint density at radius 3 is 2.63 bits per heavy atom. The van der Waals surface area contributed by atoms with Crippen molar-refractivity contribution in [3.8, 4) is 5.75 Å². The summed E-state index contributed by atoms with van der Waals surface area (Å²) in [5.41, 5.74) is -1.64. The zero-order valence-corrected chi connectivity index (χ0v) is 16.4. The quantitative estimate of drug-likeness (QED) is 0.734. The molecule has 0 aliphatic carbocycles. The van der Waals surface area contributed by atoms with Gasteiger partial charge in [-0.25, -0.2) is 0 Å². The van der Waals surface area contributed by atoms with E-state index in [4.69, 9.17) is 25.5 Å². The number of benzene rings is 1. The lowest BCUT2D eigenvalue weighted by Gasteiger charge is -2.25. The van der Waals surface area contributed by atoms with Gasteiger partial charge < -0.3 is 19.2 Å². The number of nitrogens with zero attached hydrogens (tertiary/aromatic N) is 1. The number of halogens is 4. The Balaban J connectivity index is 1.56. The fraction of sp³-hybridized carbons (Fsp3) is 0.368. The lowest BCUT2D eigenvalue weighted by Crippen LogP contribution is -2.35. The van der Waals surface area contributed by atoms with E-state index in [1.165, 1.54) is 12.1 Å². The number of hydrogen-bond acceptors (Lipinski definition) is 6. The van der Waals surface area contributed by atoms with Crippen LogP contribution in [0.4, 0.5) is 18.9 Å². The average molecular weight is 447 g/mol. The molecule has 0 unspecified atom stereocenters. The Hall–Kier alpha value is -2.56. The first-order valence-corrected chi connectivity index (χ1v) is 9.31. The molecule has 0 bridgehead atoms. The van der Waals surface area contributed by atoms with Crippen molar-refractivity contribution in [1.82, 2.24) is 4.90 Å². The summed E-state index contributed by atoms with van der Waals surface area (Å²) in [7, 11) is 0. The first-order valence-electron chi connectivity index (χ1n) is 8.93. The van der Waals surface area contributed by atoms with Gasteiger partial charge in [0.2, 0.25) is 11.2 Å². The molecule has 1 aliphatic heterocycles. The second-order valence-corrected chi connectivity index (χ2v) is 6.90. The molecule has 7 nitrogen and oxygen atoms in total. The maximum Gasteiger partial charge on any atom is 0.417 e. The van der Waals surface area contributed by atoms with Crippen molar-refractivity contribution in [2.75, 3.05) is 38.2 Å². The molecule has 0 spiro atoms. The van der Waals surface area contributed by atoms with E-state index in [9.17, 15) is 22.8 Å². The smallest absolute Gasteiger partial charge is 0.417 e. The van der Waals surface area contributed by atoms with E-state index in [0.717, 1.165) is 31.5 Å². The summed E-state index contributed by atoms with van der Waals surface area (Å²) < 4.78 is 54.4. The van der Waals surface area contributed by atoms with E-state index in [0.29, 0.717) is 25.5 Å². The van der Waals surface area contributed by atoms with Crippen molar-refractivity contribution in [2.45, 2.75) is 12.7 Å². The van der Waals surface area contributed by atoms with Gasteiger partial charge in [0.1, 0.15) is 12.0 Å². The third-order valence-electron chi connectivity index (χ3n) is 4.25. The summed E-state index contributed by atoms with van der Waals surface area (Å²) in [4.78, 5) is 26.2. The van der Waals surface area contributed by atoms with Crippen LogP contribution in [0, 0.1) is 0 Å². The zero-order valence-electron chi connectivity index (χ0n) is 15.6. The Morgan fingerprint density at radius 2 is 1.97 bits per heavy atom. The molecule has 0 saturated carbocycles. The number of carbonyl (C=O) groups is 1. The van der Waals surface area contributed by atoms with Crippen molar-refractivity contribution in [3.05, 3.63) is 57.1 Å². The molecular formula is C19H18ClF3N2O5. The minimum absolute atomic E-state index is 0.104. The number of amides is 1. The standard InChI is InChI=1S/C19H18ClF3N2O5/c20-15-2-1-12(7-14(15)19(21,22)23)24-18(27)11-30-17-10-29-13(8-16(17)26)9-25-3-5-28-6-4-25/h1-2,7-8,10H,3-6,9,11H2,(H,24,27). The van der Waals surface area contributed by atoms with Gasteiger partial charge in [-0.1, -0.05) is 11.6 Å². The molecule has 0 radical (unpaired) electrons. The summed E-state index contributed by atoms with van der Waals surface area (Å²) >= 11 is 5.54. The van der Waals surface area contributed by atoms with Gasteiger partial charge >= 0.3 is 6.18 Å². The van der Waals surface area contributed by atoms with E-state index >= 15 is 0 Å². The number of nitrogens with one attached hydrogen (secondary N) is 1. The van der Waals surface area contributed by atoms with Crippen molar-refractivity contribution < 1.29 is 31.9 Å². The molecule has 0 atom stereocenters. The highest BCUT2D eigenvalue weighted by Gasteiger charge is 2.33. The fourth-order valence-electron chi connectivity index (χ4n) is 2.77. The molecule has 1 amide bonds. The number of hydrogen-bond donors (Lipinski definition) is 1. The van der Waals surface area contributed by atoms with E-state index in [-0.39, 0.29) is 11.4 Å². The van der Waals surface area contributed by atoms with Crippen LogP contribution in [-0.2, 0) is 22.3 Å². The summed E-state index contributed by atoms with van der Waals surface area (Å²) in [6.45, 7) is 2.53. The normalized spacial score (nSPS) is 15.1. The Labute approximate surface area is 174 Å². The number of carbonyl (C=O) groups excluding carboxylic acids is 1. The van der Waals surface area contributed by atoms with Crippen LogP contribution in [-0.4, -0.2) is 43.7 Å². The lowest BCUT2D eigenvalue weighted by molar-refractivity contribution is -0.137. The highest BCUT2D eigenvalue weighted by molar-refractivity contribution is 6.31. The molecule has 1 N–H and O–H groups in total. The van der Waals surface area contributed by atoms with Crippen LogP contribution in [0.2, 0.25) is 5.02 Å². The van der Waals surface area contributed by atoms with Crippen LogP contribution in [0.3, 0.4) is 0 Å². The number of anilines is 1. The van der Waals surface area contributed by atoms with Gasteiger partial charge in [0.25, 0.3) is 5.91 Å². The SMILES string of the molecule is O=C(COc1coc(CN2CCOCC2)cc1=O)Nc1ccc(Cl)c(C(F)(F)F)c1. The number of rotatable bonds is 6. The van der Waals surface area contributed by atoms with Crippen LogP contribution in [0.15, 0.2) is 39.7 Å². The first kappa shape index (κ1) is 22.1. The molecule has 2 aromatic rings. The summed E-state index contributed by atoms with van der Waals surface area (Å²) in [5.74, 6) is -0.482. The molecule has 11 heteroatoms. The van der Waals surface area contributed by atoms with Gasteiger partial charge in [-0.3, -0.25) is 14.5 Å². The van der Waals surface area contributed by atoms with Gasteiger partial charge in [0.15, 0.2) is 6.61 Å². The van der Waals surface area contributed by atoms with Crippen molar-refractivity contribution in [2.24, 2.45) is 0 Å². The van der Waals surface area contributed by atoms with Gasteiger partial charge in [0, 0.05) is 24.8 Å². The second kappa shape index (κ2) is 9.50. The van der Waals surface area contributed by atoms with Crippen molar-refractivity contribution in [1.29, 1.82) is 0 Å². The topological polar surface area (TPSA) is 81.0 Å². The molecule has 2 heterocycles. The molecule has 30 heavy (non-hydrogen) atoms. The van der Waals surface area contributed by atoms with Crippen molar-refractivity contribution >= 4 is 23.2 Å². The molecular weight excluding hydrogens is 429 g/mol. The van der Waals surface area contributed by atoms with Crippen LogP contribution in [0.1, 0.15) is 11.3 Å². The van der Waals surface area contributed by atoms with Crippen LogP contribution in [0.25, 0.3) is 0 Å². The molecule has 1 aliphatic rings. The van der Waals surface area contributed by atoms with E-state index in [1.807, 2.05) is 0 Å². The average Bonchev–Trinajstić information content (AvgIpc) is 2.69. The van der Waals surface area contributed by atoms with Crippen LogP contribution < -0.4 is 15.5 Å². The van der Waals surface area contributed by atoms with Crippen molar-refractivity contribution in [3.63, 3.8) is 0 Å². The third kappa shape index (κ3) is 5.97. The zero-order chi connectivity index (χ0) is 21.7. The Bertz CT molecular complexity index is 958. The maximum absolute atomic E-state index is 12.9. The molecule has 1 aromatic heterocycles. The van der Waals surface area contributed by atoms with Gasteiger partial charge in [0.05, 0.1) is 30.3 Å². The monoisotopic (exact) mass is 446 g/mol. The highest BCUT2D eigenvalue weighted by atomic mass is 35.5.